The first-order valence-corrected chi connectivity index (χ1v) is 4.53. The minimum atomic E-state index is -0.328. The van der Waals surface area contributed by atoms with Crippen LogP contribution in [0.1, 0.15) is 5.56 Å². The summed E-state index contributed by atoms with van der Waals surface area (Å²) in [5.41, 5.74) is 7.43. The molecule has 0 radical (unpaired) electrons. The van der Waals surface area contributed by atoms with Crippen LogP contribution >= 0.6 is 0 Å². The maximum absolute atomic E-state index is 10.7. The Balaban J connectivity index is 1.97. The van der Waals surface area contributed by atoms with Crippen molar-refractivity contribution in [1.29, 1.82) is 0 Å². The van der Waals surface area contributed by atoms with Gasteiger partial charge in [-0.15, -0.1) is 0 Å². The predicted molar refractivity (Wildman–Crippen MR) is 52.8 cm³/mol. The standard InChI is InChI=1S/C10H12N2O2/c11-8-3-1-7(2-4-8)5-9-6-12-10(13)14-9/h1-4,9H,5-6,11H2,(H,12,13)/t9-/m0/s1. The van der Waals surface area contributed by atoms with E-state index < -0.39 is 0 Å². The van der Waals surface area contributed by atoms with Gasteiger partial charge in [-0.05, 0) is 17.7 Å². The number of nitrogens with one attached hydrogen (secondary N) is 1. The van der Waals surface area contributed by atoms with Crippen molar-refractivity contribution < 1.29 is 9.53 Å². The molecule has 1 fully saturated rings. The fourth-order valence-corrected chi connectivity index (χ4v) is 1.46. The molecule has 2 rings (SSSR count). The van der Waals surface area contributed by atoms with Gasteiger partial charge in [-0.3, -0.25) is 0 Å². The molecule has 0 saturated carbocycles. The Bertz CT molecular complexity index is 334. The first-order valence-electron chi connectivity index (χ1n) is 4.53. The van der Waals surface area contributed by atoms with Crippen molar-refractivity contribution in [3.8, 4) is 0 Å². The molecule has 1 aromatic rings. The second kappa shape index (κ2) is 3.57. The van der Waals surface area contributed by atoms with E-state index in [2.05, 4.69) is 5.32 Å². The van der Waals surface area contributed by atoms with Crippen LogP contribution in [0.4, 0.5) is 10.5 Å². The van der Waals surface area contributed by atoms with Crippen LogP contribution in [0.25, 0.3) is 0 Å². The highest BCUT2D eigenvalue weighted by molar-refractivity contribution is 5.69. The van der Waals surface area contributed by atoms with Crippen LogP contribution in [0.3, 0.4) is 0 Å². The zero-order chi connectivity index (χ0) is 9.97. The molecule has 74 valence electrons. The van der Waals surface area contributed by atoms with Gasteiger partial charge >= 0.3 is 6.09 Å². The Morgan fingerprint density at radius 3 is 2.71 bits per heavy atom. The van der Waals surface area contributed by atoms with Crippen molar-refractivity contribution in [3.05, 3.63) is 29.8 Å². The summed E-state index contributed by atoms with van der Waals surface area (Å²) < 4.78 is 5.01. The Hall–Kier alpha value is -1.71. The van der Waals surface area contributed by atoms with E-state index in [9.17, 15) is 4.79 Å². The monoisotopic (exact) mass is 192 g/mol. The quantitative estimate of drug-likeness (QED) is 0.685. The van der Waals surface area contributed by atoms with Crippen molar-refractivity contribution in [2.75, 3.05) is 12.3 Å². The van der Waals surface area contributed by atoms with Gasteiger partial charge in [0.05, 0.1) is 6.54 Å². The molecule has 0 aliphatic carbocycles. The Morgan fingerprint density at radius 1 is 1.43 bits per heavy atom. The van der Waals surface area contributed by atoms with E-state index in [4.69, 9.17) is 10.5 Å². The Labute approximate surface area is 82.1 Å². The summed E-state index contributed by atoms with van der Waals surface area (Å²) in [5, 5.41) is 2.62. The van der Waals surface area contributed by atoms with Crippen LogP contribution < -0.4 is 11.1 Å². The first-order chi connectivity index (χ1) is 6.74. The summed E-state index contributed by atoms with van der Waals surface area (Å²) >= 11 is 0. The molecular formula is C10H12N2O2. The fraction of sp³-hybridized carbons (Fsp3) is 0.300. The van der Waals surface area contributed by atoms with E-state index in [1.54, 1.807) is 0 Å². The van der Waals surface area contributed by atoms with E-state index in [0.29, 0.717) is 6.54 Å². The number of carbonyl (C=O) groups is 1. The third-order valence-corrected chi connectivity index (χ3v) is 2.19. The Morgan fingerprint density at radius 2 is 2.14 bits per heavy atom. The smallest absolute Gasteiger partial charge is 0.407 e. The average molecular weight is 192 g/mol. The summed E-state index contributed by atoms with van der Waals surface area (Å²) in [4.78, 5) is 10.7. The van der Waals surface area contributed by atoms with Crippen molar-refractivity contribution >= 4 is 11.8 Å². The lowest BCUT2D eigenvalue weighted by Crippen LogP contribution is -2.16. The van der Waals surface area contributed by atoms with Gasteiger partial charge in [-0.1, -0.05) is 12.1 Å². The maximum atomic E-state index is 10.7. The molecule has 1 saturated heterocycles. The summed E-state index contributed by atoms with van der Waals surface area (Å²) in [6.45, 7) is 0.587. The number of alkyl carbamates (subject to hydrolysis) is 1. The summed E-state index contributed by atoms with van der Waals surface area (Å²) in [5.74, 6) is 0. The molecule has 4 nitrogen and oxygen atoms in total. The molecule has 4 heteroatoms. The molecule has 0 bridgehead atoms. The van der Waals surface area contributed by atoms with Gasteiger partial charge < -0.3 is 15.8 Å². The fourth-order valence-electron chi connectivity index (χ4n) is 1.46. The van der Waals surface area contributed by atoms with Crippen LogP contribution in [-0.4, -0.2) is 18.7 Å². The van der Waals surface area contributed by atoms with E-state index in [1.807, 2.05) is 24.3 Å². The lowest BCUT2D eigenvalue weighted by Gasteiger charge is -2.07. The molecule has 1 atom stereocenters. The van der Waals surface area contributed by atoms with Crippen LogP contribution in [-0.2, 0) is 11.2 Å². The number of benzene rings is 1. The van der Waals surface area contributed by atoms with Gasteiger partial charge in [0, 0.05) is 12.1 Å². The van der Waals surface area contributed by atoms with Crippen LogP contribution in [0.5, 0.6) is 0 Å². The number of nitrogen functional groups attached to an aromatic ring is 1. The first kappa shape index (κ1) is 8.87. The van der Waals surface area contributed by atoms with Crippen molar-refractivity contribution in [2.24, 2.45) is 0 Å². The predicted octanol–water partition coefficient (Wildman–Crippen LogP) is 0.920. The minimum absolute atomic E-state index is 0.0499. The van der Waals surface area contributed by atoms with Crippen molar-refractivity contribution in [1.82, 2.24) is 5.32 Å². The summed E-state index contributed by atoms with van der Waals surface area (Å²) in [6, 6.07) is 7.59. The second-order valence-electron chi connectivity index (χ2n) is 3.35. The average Bonchev–Trinajstić information content (AvgIpc) is 2.56. The molecule has 1 heterocycles. The highest BCUT2D eigenvalue weighted by Gasteiger charge is 2.22. The third kappa shape index (κ3) is 1.96. The van der Waals surface area contributed by atoms with Crippen LogP contribution in [0, 0.1) is 0 Å². The van der Waals surface area contributed by atoms with E-state index in [-0.39, 0.29) is 12.2 Å². The number of rotatable bonds is 2. The zero-order valence-corrected chi connectivity index (χ0v) is 7.69. The molecule has 1 aromatic carbocycles. The highest BCUT2D eigenvalue weighted by atomic mass is 16.6. The normalized spacial score (nSPS) is 20.3. The number of cyclic esters (lactones) is 1. The largest absolute Gasteiger partial charge is 0.444 e. The second-order valence-corrected chi connectivity index (χ2v) is 3.35. The van der Waals surface area contributed by atoms with Gasteiger partial charge in [-0.2, -0.15) is 0 Å². The maximum Gasteiger partial charge on any atom is 0.407 e. The lowest BCUT2D eigenvalue weighted by atomic mass is 10.1. The molecule has 3 N–H and O–H groups in total. The summed E-state index contributed by atoms with van der Waals surface area (Å²) in [7, 11) is 0. The topological polar surface area (TPSA) is 64.3 Å². The van der Waals surface area contributed by atoms with Gasteiger partial charge in [-0.25, -0.2) is 4.79 Å². The minimum Gasteiger partial charge on any atom is -0.444 e. The number of amides is 1. The number of hydrogen-bond donors (Lipinski definition) is 2. The van der Waals surface area contributed by atoms with Gasteiger partial charge in [0.25, 0.3) is 0 Å². The molecule has 1 aliphatic rings. The molecule has 0 unspecified atom stereocenters. The number of anilines is 1. The Kier molecular flexibility index (Phi) is 2.26. The van der Waals surface area contributed by atoms with Gasteiger partial charge in [0.2, 0.25) is 0 Å². The number of carbonyl (C=O) groups excluding carboxylic acids is 1. The molecule has 1 aliphatic heterocycles. The van der Waals surface area contributed by atoms with Crippen molar-refractivity contribution in [2.45, 2.75) is 12.5 Å². The van der Waals surface area contributed by atoms with Gasteiger partial charge in [0.15, 0.2) is 0 Å². The summed E-state index contributed by atoms with van der Waals surface area (Å²) in [6.07, 6.45) is 0.357. The third-order valence-electron chi connectivity index (χ3n) is 2.19. The highest BCUT2D eigenvalue weighted by Crippen LogP contribution is 2.11. The molecular weight excluding hydrogens is 180 g/mol. The molecule has 0 aromatic heterocycles. The number of hydrogen-bond acceptors (Lipinski definition) is 3. The van der Waals surface area contributed by atoms with Crippen LogP contribution in [0.2, 0.25) is 0 Å². The van der Waals surface area contributed by atoms with E-state index in [1.165, 1.54) is 0 Å². The van der Waals surface area contributed by atoms with E-state index in [0.717, 1.165) is 17.7 Å². The SMILES string of the molecule is Nc1ccc(C[C@H]2CNC(=O)O2)cc1. The van der Waals surface area contributed by atoms with Gasteiger partial charge in [0.1, 0.15) is 6.10 Å². The molecule has 14 heavy (non-hydrogen) atoms. The molecule has 0 spiro atoms. The number of ether oxygens (including phenoxy) is 1. The van der Waals surface area contributed by atoms with E-state index >= 15 is 0 Å². The zero-order valence-electron chi connectivity index (χ0n) is 7.69. The number of nitrogens with two attached hydrogens (primary N) is 1. The molecule has 1 amide bonds. The van der Waals surface area contributed by atoms with Crippen molar-refractivity contribution in [3.63, 3.8) is 0 Å². The lowest BCUT2D eigenvalue weighted by molar-refractivity contribution is 0.140. The van der Waals surface area contributed by atoms with Crippen LogP contribution in [0.15, 0.2) is 24.3 Å².